The molecule has 0 bridgehead atoms. The van der Waals surface area contributed by atoms with E-state index in [0.717, 1.165) is 34.9 Å². The van der Waals surface area contributed by atoms with E-state index < -0.39 is 0 Å². The third-order valence-corrected chi connectivity index (χ3v) is 4.90. The number of nitrogens with one attached hydrogen (secondary N) is 1. The van der Waals surface area contributed by atoms with E-state index >= 15 is 0 Å². The second-order valence-corrected chi connectivity index (χ2v) is 7.02. The number of anilines is 1. The maximum absolute atomic E-state index is 6.05. The summed E-state index contributed by atoms with van der Waals surface area (Å²) in [6.07, 6.45) is 3.89. The predicted molar refractivity (Wildman–Crippen MR) is 86.0 cm³/mol. The number of nitrogen functional groups attached to an aromatic ring is 1. The first kappa shape index (κ1) is 14.7. The Labute approximate surface area is 128 Å². The van der Waals surface area contributed by atoms with Crippen LogP contribution in [0.4, 0.5) is 5.82 Å². The van der Waals surface area contributed by atoms with Gasteiger partial charge in [-0.3, -0.25) is 0 Å². The number of nitrogens with zero attached hydrogens (tertiary/aromatic N) is 2. The number of hydrogen-bond donors (Lipinski definition) is 2. The summed E-state index contributed by atoms with van der Waals surface area (Å²) in [5.74, 6) is 8.39. The second kappa shape index (κ2) is 6.25. The minimum atomic E-state index is 0.320. The normalized spacial score (nSPS) is 26.1. The number of ether oxygens (including phenoxy) is 1. The zero-order valence-corrected chi connectivity index (χ0v) is 13.3. The van der Waals surface area contributed by atoms with Crippen LogP contribution in [-0.4, -0.2) is 16.1 Å². The molecule has 0 aliphatic heterocycles. The van der Waals surface area contributed by atoms with Crippen LogP contribution in [0.25, 0.3) is 10.2 Å². The summed E-state index contributed by atoms with van der Waals surface area (Å²) in [5.41, 5.74) is 2.65. The molecule has 0 radical (unpaired) electrons. The van der Waals surface area contributed by atoms with Gasteiger partial charge in [0.05, 0.1) is 11.5 Å². The molecule has 0 aromatic carbocycles. The van der Waals surface area contributed by atoms with E-state index in [1.54, 1.807) is 11.3 Å². The standard InChI is InChI=1S/C15H22N4OS/c1-9-5-10(2)7-11(6-9)20-8-13-17-14(19-16)12-3-4-21-15(12)18-13/h3-4,9-11H,5-8,16H2,1-2H3,(H,17,18,19). The van der Waals surface area contributed by atoms with E-state index in [1.165, 1.54) is 6.42 Å². The fourth-order valence-corrected chi connectivity index (χ4v) is 4.06. The topological polar surface area (TPSA) is 73.1 Å². The second-order valence-electron chi connectivity index (χ2n) is 6.12. The van der Waals surface area contributed by atoms with Crippen LogP contribution in [0.2, 0.25) is 0 Å². The summed E-state index contributed by atoms with van der Waals surface area (Å²) < 4.78 is 6.05. The first-order chi connectivity index (χ1) is 10.2. The fraction of sp³-hybridized carbons (Fsp3) is 0.600. The molecule has 2 heterocycles. The summed E-state index contributed by atoms with van der Waals surface area (Å²) in [7, 11) is 0. The van der Waals surface area contributed by atoms with Crippen molar-refractivity contribution in [1.29, 1.82) is 0 Å². The Bertz CT molecular complexity index is 605. The summed E-state index contributed by atoms with van der Waals surface area (Å²) >= 11 is 1.59. The lowest BCUT2D eigenvalue weighted by molar-refractivity contribution is -0.0117. The third-order valence-electron chi connectivity index (χ3n) is 4.09. The molecule has 6 heteroatoms. The molecule has 21 heavy (non-hydrogen) atoms. The lowest BCUT2D eigenvalue weighted by Crippen LogP contribution is -2.26. The molecular weight excluding hydrogens is 284 g/mol. The monoisotopic (exact) mass is 306 g/mol. The molecule has 0 saturated heterocycles. The summed E-state index contributed by atoms with van der Waals surface area (Å²) in [6.45, 7) is 5.06. The molecule has 114 valence electrons. The van der Waals surface area contributed by atoms with Crippen LogP contribution in [0.1, 0.15) is 38.9 Å². The van der Waals surface area contributed by atoms with E-state index in [2.05, 4.69) is 29.2 Å². The Hall–Kier alpha value is -1.24. The Morgan fingerprint density at radius 1 is 1.29 bits per heavy atom. The van der Waals surface area contributed by atoms with Gasteiger partial charge in [-0.1, -0.05) is 13.8 Å². The molecule has 5 nitrogen and oxygen atoms in total. The van der Waals surface area contributed by atoms with E-state index in [0.29, 0.717) is 24.4 Å². The smallest absolute Gasteiger partial charge is 0.158 e. The number of nitrogens with two attached hydrogens (primary N) is 1. The van der Waals surface area contributed by atoms with Gasteiger partial charge in [-0.05, 0) is 42.5 Å². The molecule has 1 aliphatic carbocycles. The maximum atomic E-state index is 6.05. The van der Waals surface area contributed by atoms with Gasteiger partial charge >= 0.3 is 0 Å². The quantitative estimate of drug-likeness (QED) is 0.669. The molecule has 3 N–H and O–H groups in total. The lowest BCUT2D eigenvalue weighted by Gasteiger charge is -2.31. The van der Waals surface area contributed by atoms with Crippen LogP contribution in [0, 0.1) is 11.8 Å². The molecule has 0 spiro atoms. The van der Waals surface area contributed by atoms with Crippen molar-refractivity contribution in [1.82, 2.24) is 9.97 Å². The van der Waals surface area contributed by atoms with Crippen molar-refractivity contribution in [2.24, 2.45) is 17.7 Å². The van der Waals surface area contributed by atoms with E-state index in [4.69, 9.17) is 10.6 Å². The highest BCUT2D eigenvalue weighted by Gasteiger charge is 2.24. The number of aromatic nitrogens is 2. The van der Waals surface area contributed by atoms with Crippen molar-refractivity contribution in [3.63, 3.8) is 0 Å². The molecule has 1 fully saturated rings. The van der Waals surface area contributed by atoms with Crippen molar-refractivity contribution in [3.05, 3.63) is 17.3 Å². The summed E-state index contributed by atoms with van der Waals surface area (Å²) in [4.78, 5) is 9.95. The van der Waals surface area contributed by atoms with Gasteiger partial charge in [0.1, 0.15) is 11.4 Å². The third kappa shape index (κ3) is 3.33. The van der Waals surface area contributed by atoms with Gasteiger partial charge in [0.2, 0.25) is 0 Å². The molecular formula is C15H22N4OS. The molecule has 2 unspecified atom stereocenters. The van der Waals surface area contributed by atoms with Gasteiger partial charge in [-0.15, -0.1) is 11.3 Å². The number of hydrogen-bond acceptors (Lipinski definition) is 6. The van der Waals surface area contributed by atoms with Crippen molar-refractivity contribution in [2.45, 2.75) is 45.8 Å². The molecule has 2 aromatic rings. The predicted octanol–water partition coefficient (Wildman–Crippen LogP) is 3.32. The highest BCUT2D eigenvalue weighted by atomic mass is 32.1. The van der Waals surface area contributed by atoms with Crippen molar-refractivity contribution >= 4 is 27.4 Å². The van der Waals surface area contributed by atoms with E-state index in [1.807, 2.05) is 11.4 Å². The van der Waals surface area contributed by atoms with E-state index in [9.17, 15) is 0 Å². The zero-order valence-electron chi connectivity index (χ0n) is 12.5. The van der Waals surface area contributed by atoms with Gasteiger partial charge in [0.25, 0.3) is 0 Å². The molecule has 1 saturated carbocycles. The van der Waals surface area contributed by atoms with Gasteiger partial charge in [0.15, 0.2) is 11.6 Å². The van der Waals surface area contributed by atoms with Crippen molar-refractivity contribution < 1.29 is 4.74 Å². The van der Waals surface area contributed by atoms with Crippen LogP contribution in [0.3, 0.4) is 0 Å². The van der Waals surface area contributed by atoms with Gasteiger partial charge < -0.3 is 10.2 Å². The molecule has 1 aliphatic rings. The summed E-state index contributed by atoms with van der Waals surface area (Å²) in [5, 5.41) is 2.96. The Morgan fingerprint density at radius 2 is 2.05 bits per heavy atom. The van der Waals surface area contributed by atoms with Crippen LogP contribution in [0.15, 0.2) is 11.4 Å². The minimum absolute atomic E-state index is 0.320. The number of fused-ring (bicyclic) bond motifs is 1. The van der Waals surface area contributed by atoms with Crippen LogP contribution in [0.5, 0.6) is 0 Å². The van der Waals surface area contributed by atoms with Crippen molar-refractivity contribution in [2.75, 3.05) is 5.43 Å². The van der Waals surface area contributed by atoms with Gasteiger partial charge in [-0.25, -0.2) is 15.8 Å². The highest BCUT2D eigenvalue weighted by Crippen LogP contribution is 2.31. The van der Waals surface area contributed by atoms with Crippen LogP contribution < -0.4 is 11.3 Å². The first-order valence-electron chi connectivity index (χ1n) is 7.48. The molecule has 2 atom stereocenters. The first-order valence-corrected chi connectivity index (χ1v) is 8.36. The fourth-order valence-electron chi connectivity index (χ4n) is 3.28. The van der Waals surface area contributed by atoms with Crippen molar-refractivity contribution in [3.8, 4) is 0 Å². The van der Waals surface area contributed by atoms with Crippen LogP contribution >= 0.6 is 11.3 Å². The lowest BCUT2D eigenvalue weighted by atomic mass is 9.82. The average Bonchev–Trinajstić information content (AvgIpc) is 2.91. The molecule has 0 amide bonds. The average molecular weight is 306 g/mol. The number of thiophene rings is 1. The Balaban J connectivity index is 1.70. The molecule has 2 aromatic heterocycles. The number of rotatable bonds is 4. The Morgan fingerprint density at radius 3 is 2.76 bits per heavy atom. The SMILES string of the molecule is CC1CC(C)CC(OCc2nc(NN)c3ccsc3n2)C1. The van der Waals surface area contributed by atoms with Crippen LogP contribution in [-0.2, 0) is 11.3 Å². The minimum Gasteiger partial charge on any atom is -0.370 e. The summed E-state index contributed by atoms with van der Waals surface area (Å²) in [6, 6.07) is 1.98. The maximum Gasteiger partial charge on any atom is 0.158 e. The van der Waals surface area contributed by atoms with Gasteiger partial charge in [0, 0.05) is 0 Å². The zero-order chi connectivity index (χ0) is 14.8. The largest absolute Gasteiger partial charge is 0.370 e. The van der Waals surface area contributed by atoms with Gasteiger partial charge in [-0.2, -0.15) is 0 Å². The Kier molecular flexibility index (Phi) is 4.37. The van der Waals surface area contributed by atoms with E-state index in [-0.39, 0.29) is 0 Å². The highest BCUT2D eigenvalue weighted by molar-refractivity contribution is 7.16. The molecule has 3 rings (SSSR count). The number of hydrazine groups is 1.